The Morgan fingerprint density at radius 3 is 2.84 bits per heavy atom. The van der Waals surface area contributed by atoms with Gasteiger partial charge in [0, 0.05) is 5.88 Å². The van der Waals surface area contributed by atoms with Gasteiger partial charge in [-0.1, -0.05) is 19.1 Å². The van der Waals surface area contributed by atoms with Crippen LogP contribution in [0.15, 0.2) is 24.3 Å². The van der Waals surface area contributed by atoms with Gasteiger partial charge in [0.1, 0.15) is 5.01 Å². The molecule has 1 aromatic heterocycles. The van der Waals surface area contributed by atoms with Crippen molar-refractivity contribution in [1.29, 1.82) is 0 Å². The van der Waals surface area contributed by atoms with Gasteiger partial charge in [-0.15, -0.1) is 22.9 Å². The maximum atomic E-state index is 11.8. The Labute approximate surface area is 121 Å². The summed E-state index contributed by atoms with van der Waals surface area (Å²) in [6.07, 6.45) is 0. The van der Waals surface area contributed by atoms with Crippen molar-refractivity contribution in [3.8, 4) is 0 Å². The molecule has 2 aromatic rings. The first-order valence-electron chi connectivity index (χ1n) is 5.88. The number of nitrogens with zero attached hydrogens (tertiary/aromatic N) is 1. The summed E-state index contributed by atoms with van der Waals surface area (Å²) >= 11 is 7.12. The maximum Gasteiger partial charge on any atom is 0.212 e. The molecule has 0 amide bonds. The second-order valence-electron chi connectivity index (χ2n) is 4.44. The molecule has 2 rings (SSSR count). The molecule has 1 atom stereocenters. The minimum absolute atomic E-state index is 0.0431. The number of thiazole rings is 1. The van der Waals surface area contributed by atoms with Crippen LogP contribution in [-0.4, -0.2) is 25.0 Å². The normalized spacial score (nSPS) is 13.8. The lowest BCUT2D eigenvalue weighted by Crippen LogP contribution is -2.29. The minimum atomic E-state index is -3.30. The number of hydrogen-bond donors (Lipinski definition) is 1. The Bertz CT molecular complexity index is 622. The molecule has 0 bridgehead atoms. The zero-order valence-corrected chi connectivity index (χ0v) is 12.9. The summed E-state index contributed by atoms with van der Waals surface area (Å²) in [5.41, 5.74) is 0.899. The third-order valence-electron chi connectivity index (χ3n) is 2.55. The number of benzene rings is 1. The molecule has 0 aliphatic heterocycles. The van der Waals surface area contributed by atoms with Gasteiger partial charge in [0.25, 0.3) is 0 Å². The summed E-state index contributed by atoms with van der Waals surface area (Å²) in [7, 11) is -3.30. The predicted octanol–water partition coefficient (Wildman–Crippen LogP) is 2.59. The number of hydrogen-bond acceptors (Lipinski definition) is 4. The first-order chi connectivity index (χ1) is 9.00. The summed E-state index contributed by atoms with van der Waals surface area (Å²) in [6, 6.07) is 7.74. The minimum Gasteiger partial charge on any atom is -0.240 e. The zero-order valence-electron chi connectivity index (χ0n) is 10.5. The first-order valence-corrected chi connectivity index (χ1v) is 8.88. The molecular weight excluding hydrogens is 304 g/mol. The molecule has 0 saturated carbocycles. The van der Waals surface area contributed by atoms with Crippen LogP contribution in [-0.2, 0) is 16.6 Å². The van der Waals surface area contributed by atoms with E-state index in [0.717, 1.165) is 15.2 Å². The van der Waals surface area contributed by atoms with E-state index in [2.05, 4.69) is 9.71 Å². The summed E-state index contributed by atoms with van der Waals surface area (Å²) in [5.74, 6) is 0.318. The maximum absolute atomic E-state index is 11.8. The van der Waals surface area contributed by atoms with Crippen LogP contribution in [0.3, 0.4) is 0 Å². The van der Waals surface area contributed by atoms with E-state index < -0.39 is 10.0 Å². The number of alkyl halides is 1. The standard InChI is InChI=1S/C12H15ClN2O2S2/c1-9(6-13)8-19(16,17)14-7-12-15-10-4-2-3-5-11(10)18-12/h2-5,9,14H,6-8H2,1H3. The van der Waals surface area contributed by atoms with E-state index in [1.807, 2.05) is 31.2 Å². The van der Waals surface area contributed by atoms with Crippen LogP contribution in [0.1, 0.15) is 11.9 Å². The van der Waals surface area contributed by atoms with Crippen molar-refractivity contribution in [2.24, 2.45) is 5.92 Å². The van der Waals surface area contributed by atoms with Crippen molar-refractivity contribution in [3.05, 3.63) is 29.3 Å². The highest BCUT2D eigenvalue weighted by Crippen LogP contribution is 2.21. The van der Waals surface area contributed by atoms with Crippen molar-refractivity contribution in [3.63, 3.8) is 0 Å². The van der Waals surface area contributed by atoms with Gasteiger partial charge in [0.05, 0.1) is 22.5 Å². The molecule has 0 radical (unpaired) electrons. The number of fused-ring (bicyclic) bond motifs is 1. The third kappa shape index (κ3) is 4.14. The topological polar surface area (TPSA) is 59.1 Å². The third-order valence-corrected chi connectivity index (χ3v) is 5.70. The Kier molecular flexibility index (Phi) is 4.78. The van der Waals surface area contributed by atoms with E-state index in [1.54, 1.807) is 0 Å². The van der Waals surface area contributed by atoms with Gasteiger partial charge in [-0.25, -0.2) is 18.1 Å². The molecule has 1 heterocycles. The number of nitrogens with one attached hydrogen (secondary N) is 1. The van der Waals surface area contributed by atoms with Crippen LogP contribution in [0.2, 0.25) is 0 Å². The van der Waals surface area contributed by atoms with Crippen molar-refractivity contribution < 1.29 is 8.42 Å². The average Bonchev–Trinajstić information content (AvgIpc) is 2.78. The van der Waals surface area contributed by atoms with Crippen molar-refractivity contribution >= 4 is 43.2 Å². The first kappa shape index (κ1) is 14.7. The molecule has 1 aromatic carbocycles. The van der Waals surface area contributed by atoms with Crippen LogP contribution in [0, 0.1) is 5.92 Å². The fourth-order valence-corrected chi connectivity index (χ4v) is 4.22. The van der Waals surface area contributed by atoms with Crippen LogP contribution < -0.4 is 4.72 Å². The van der Waals surface area contributed by atoms with Crippen molar-refractivity contribution in [2.75, 3.05) is 11.6 Å². The Hall–Kier alpha value is -0.690. The van der Waals surface area contributed by atoms with Crippen molar-refractivity contribution in [1.82, 2.24) is 9.71 Å². The van der Waals surface area contributed by atoms with Crippen LogP contribution in [0.4, 0.5) is 0 Å². The number of rotatable bonds is 6. The van der Waals surface area contributed by atoms with E-state index >= 15 is 0 Å². The highest BCUT2D eigenvalue weighted by Gasteiger charge is 2.15. The Morgan fingerprint density at radius 1 is 1.42 bits per heavy atom. The monoisotopic (exact) mass is 318 g/mol. The molecule has 4 nitrogen and oxygen atoms in total. The molecule has 0 aliphatic carbocycles. The average molecular weight is 319 g/mol. The van der Waals surface area contributed by atoms with E-state index in [4.69, 9.17) is 11.6 Å². The van der Waals surface area contributed by atoms with Gasteiger partial charge < -0.3 is 0 Å². The van der Waals surface area contributed by atoms with E-state index in [9.17, 15) is 8.42 Å². The highest BCUT2D eigenvalue weighted by atomic mass is 35.5. The van der Waals surface area contributed by atoms with Crippen LogP contribution in [0.5, 0.6) is 0 Å². The zero-order chi connectivity index (χ0) is 13.9. The second-order valence-corrected chi connectivity index (χ2v) is 7.71. The van der Waals surface area contributed by atoms with Crippen LogP contribution in [0.25, 0.3) is 10.2 Å². The lowest BCUT2D eigenvalue weighted by Gasteiger charge is -2.08. The molecule has 0 spiro atoms. The van der Waals surface area contributed by atoms with E-state index in [-0.39, 0.29) is 18.2 Å². The molecule has 0 aliphatic rings. The number of halogens is 1. The molecular formula is C12H15ClN2O2S2. The molecule has 104 valence electrons. The smallest absolute Gasteiger partial charge is 0.212 e. The second kappa shape index (κ2) is 6.17. The quantitative estimate of drug-likeness (QED) is 0.833. The predicted molar refractivity (Wildman–Crippen MR) is 80.1 cm³/mol. The van der Waals surface area contributed by atoms with E-state index in [1.165, 1.54) is 11.3 Å². The number of para-hydroxylation sites is 1. The molecule has 1 N–H and O–H groups in total. The van der Waals surface area contributed by atoms with Gasteiger partial charge in [-0.05, 0) is 18.1 Å². The summed E-state index contributed by atoms with van der Waals surface area (Å²) < 4.78 is 27.2. The number of sulfonamides is 1. The molecule has 7 heteroatoms. The van der Waals surface area contributed by atoms with Gasteiger partial charge >= 0.3 is 0 Å². The lowest BCUT2D eigenvalue weighted by atomic mass is 10.3. The largest absolute Gasteiger partial charge is 0.240 e. The van der Waals surface area contributed by atoms with E-state index in [0.29, 0.717) is 5.88 Å². The Morgan fingerprint density at radius 2 is 2.16 bits per heavy atom. The van der Waals surface area contributed by atoms with Gasteiger partial charge in [0.2, 0.25) is 10.0 Å². The van der Waals surface area contributed by atoms with Gasteiger partial charge in [-0.2, -0.15) is 0 Å². The number of aromatic nitrogens is 1. The fourth-order valence-electron chi connectivity index (χ4n) is 1.65. The fraction of sp³-hybridized carbons (Fsp3) is 0.417. The summed E-state index contributed by atoms with van der Waals surface area (Å²) in [5, 5.41) is 0.767. The molecule has 0 fully saturated rings. The SMILES string of the molecule is CC(CCl)CS(=O)(=O)NCc1nc2ccccc2s1. The summed E-state index contributed by atoms with van der Waals surface area (Å²) in [6.45, 7) is 2.04. The molecule has 0 saturated heterocycles. The highest BCUT2D eigenvalue weighted by molar-refractivity contribution is 7.89. The van der Waals surface area contributed by atoms with Crippen LogP contribution >= 0.6 is 22.9 Å². The summed E-state index contributed by atoms with van der Waals surface area (Å²) in [4.78, 5) is 4.38. The van der Waals surface area contributed by atoms with Gasteiger partial charge in [0.15, 0.2) is 0 Å². The van der Waals surface area contributed by atoms with Crippen molar-refractivity contribution in [2.45, 2.75) is 13.5 Å². The Balaban J connectivity index is 2.02. The molecule has 1 unspecified atom stereocenters. The van der Waals surface area contributed by atoms with Gasteiger partial charge in [-0.3, -0.25) is 0 Å². The lowest BCUT2D eigenvalue weighted by molar-refractivity contribution is 0.568. The molecule has 19 heavy (non-hydrogen) atoms.